The lowest BCUT2D eigenvalue weighted by Gasteiger charge is -2.33. The van der Waals surface area contributed by atoms with E-state index in [9.17, 15) is 18.0 Å². The van der Waals surface area contributed by atoms with Gasteiger partial charge in [0.15, 0.2) is 0 Å². The van der Waals surface area contributed by atoms with E-state index >= 15 is 0 Å². The lowest BCUT2D eigenvalue weighted by molar-refractivity contribution is -0.140. The lowest BCUT2D eigenvalue weighted by atomic mass is 10.1. The van der Waals surface area contributed by atoms with Gasteiger partial charge in [-0.15, -0.1) is 0 Å². The van der Waals surface area contributed by atoms with Crippen molar-refractivity contribution in [3.63, 3.8) is 0 Å². The van der Waals surface area contributed by atoms with Crippen LogP contribution in [0.15, 0.2) is 42.5 Å². The first kappa shape index (κ1) is 28.8. The van der Waals surface area contributed by atoms with E-state index in [1.165, 1.54) is 11.0 Å². The van der Waals surface area contributed by atoms with Gasteiger partial charge in [0.05, 0.1) is 19.1 Å². The summed E-state index contributed by atoms with van der Waals surface area (Å²) in [7, 11) is -2.26. The molecule has 0 unspecified atom stereocenters. The number of carbonyl (C=O) groups excluding carboxylic acids is 2. The average molecular weight is 550 g/mol. The number of aryl methyl sites for hydroxylation is 1. The minimum Gasteiger partial charge on any atom is -0.497 e. The first-order valence-corrected chi connectivity index (χ1v) is 14.7. The van der Waals surface area contributed by atoms with Gasteiger partial charge in [0, 0.05) is 17.6 Å². The highest BCUT2D eigenvalue weighted by Crippen LogP contribution is 2.27. The number of anilines is 1. The SMILES string of the molecule is CC[C@H](C(=O)NC1CCCC1)N(Cc1ccc(OC)cc1)C(=O)CN(c1cc(Cl)ccc1C)S(C)(=O)=O. The zero-order valence-corrected chi connectivity index (χ0v) is 23.4. The maximum absolute atomic E-state index is 13.8. The number of amides is 2. The quantitative estimate of drug-likeness (QED) is 0.451. The average Bonchev–Trinajstić information content (AvgIpc) is 3.36. The van der Waals surface area contributed by atoms with Crippen molar-refractivity contribution in [3.05, 3.63) is 58.6 Å². The molecule has 1 aliphatic rings. The Morgan fingerprint density at radius 2 is 1.78 bits per heavy atom. The Morgan fingerprint density at radius 1 is 1.14 bits per heavy atom. The van der Waals surface area contributed by atoms with Crippen LogP contribution in [-0.4, -0.2) is 57.1 Å². The molecule has 2 aromatic rings. The van der Waals surface area contributed by atoms with Gasteiger partial charge in [0.1, 0.15) is 18.3 Å². The number of methoxy groups -OCH3 is 1. The number of rotatable bonds is 11. The number of benzene rings is 2. The molecule has 0 aromatic heterocycles. The molecule has 1 atom stereocenters. The van der Waals surface area contributed by atoms with Crippen LogP contribution in [0.5, 0.6) is 5.75 Å². The Morgan fingerprint density at radius 3 is 2.35 bits per heavy atom. The predicted molar refractivity (Wildman–Crippen MR) is 146 cm³/mol. The molecule has 202 valence electrons. The third-order valence-electron chi connectivity index (χ3n) is 6.72. The van der Waals surface area contributed by atoms with Gasteiger partial charge in [-0.2, -0.15) is 0 Å². The second kappa shape index (κ2) is 12.6. The number of hydrogen-bond donors (Lipinski definition) is 1. The molecule has 0 spiro atoms. The number of hydrogen-bond acceptors (Lipinski definition) is 5. The van der Waals surface area contributed by atoms with Gasteiger partial charge >= 0.3 is 0 Å². The zero-order chi connectivity index (χ0) is 27.2. The third kappa shape index (κ3) is 7.61. The first-order valence-electron chi connectivity index (χ1n) is 12.5. The van der Waals surface area contributed by atoms with Crippen molar-refractivity contribution in [2.45, 2.75) is 64.6 Å². The molecule has 3 rings (SSSR count). The van der Waals surface area contributed by atoms with E-state index in [1.807, 2.05) is 19.1 Å². The summed E-state index contributed by atoms with van der Waals surface area (Å²) in [4.78, 5) is 28.6. The highest BCUT2D eigenvalue weighted by atomic mass is 35.5. The largest absolute Gasteiger partial charge is 0.497 e. The van der Waals surface area contributed by atoms with Crippen molar-refractivity contribution in [1.29, 1.82) is 0 Å². The van der Waals surface area contributed by atoms with E-state index in [0.29, 0.717) is 28.4 Å². The summed E-state index contributed by atoms with van der Waals surface area (Å²) in [6.07, 6.45) is 5.42. The van der Waals surface area contributed by atoms with Gasteiger partial charge in [-0.05, 0) is 61.6 Å². The second-order valence-electron chi connectivity index (χ2n) is 9.48. The van der Waals surface area contributed by atoms with Gasteiger partial charge in [-0.25, -0.2) is 8.42 Å². The van der Waals surface area contributed by atoms with Crippen LogP contribution in [0, 0.1) is 6.92 Å². The van der Waals surface area contributed by atoms with Gasteiger partial charge in [-0.3, -0.25) is 13.9 Å². The van der Waals surface area contributed by atoms with Gasteiger partial charge in [0.25, 0.3) is 0 Å². The third-order valence-corrected chi connectivity index (χ3v) is 8.08. The van der Waals surface area contributed by atoms with E-state index in [0.717, 1.165) is 41.8 Å². The maximum atomic E-state index is 13.8. The van der Waals surface area contributed by atoms with Gasteiger partial charge in [-0.1, -0.05) is 49.6 Å². The Hall–Kier alpha value is -2.78. The zero-order valence-electron chi connectivity index (χ0n) is 21.9. The molecule has 1 fully saturated rings. The molecule has 0 saturated heterocycles. The molecule has 0 aliphatic heterocycles. The minimum atomic E-state index is -3.83. The fourth-order valence-corrected chi connectivity index (χ4v) is 5.73. The summed E-state index contributed by atoms with van der Waals surface area (Å²) < 4.78 is 31.9. The molecule has 0 bridgehead atoms. The number of sulfonamides is 1. The molecule has 8 nitrogen and oxygen atoms in total. The fraction of sp³-hybridized carbons (Fsp3) is 0.481. The summed E-state index contributed by atoms with van der Waals surface area (Å²) in [5.41, 5.74) is 1.79. The van der Waals surface area contributed by atoms with Crippen LogP contribution in [0.2, 0.25) is 5.02 Å². The van der Waals surface area contributed by atoms with E-state index in [1.54, 1.807) is 38.3 Å². The Balaban J connectivity index is 1.94. The van der Waals surface area contributed by atoms with E-state index in [-0.39, 0.29) is 18.5 Å². The smallest absolute Gasteiger partial charge is 0.244 e. The molecule has 1 saturated carbocycles. The van der Waals surface area contributed by atoms with Crippen LogP contribution in [0.3, 0.4) is 0 Å². The molecule has 37 heavy (non-hydrogen) atoms. The molecule has 2 amide bonds. The standard InChI is InChI=1S/C27H36ClN3O5S/c1-5-24(27(33)29-22-8-6-7-9-22)30(17-20-11-14-23(36-3)15-12-20)26(32)18-31(37(4,34)35)25-16-21(28)13-10-19(25)2/h10-16,22,24H,5-9,17-18H2,1-4H3,(H,29,33)/t24-/m1/s1. The lowest BCUT2D eigenvalue weighted by Crippen LogP contribution is -2.53. The molecule has 1 N–H and O–H groups in total. The van der Waals surface area contributed by atoms with Crippen LogP contribution < -0.4 is 14.4 Å². The van der Waals surface area contributed by atoms with E-state index in [4.69, 9.17) is 16.3 Å². The number of nitrogens with one attached hydrogen (secondary N) is 1. The van der Waals surface area contributed by atoms with Crippen LogP contribution >= 0.6 is 11.6 Å². The minimum absolute atomic E-state index is 0.0983. The maximum Gasteiger partial charge on any atom is 0.244 e. The van der Waals surface area contributed by atoms with Crippen LogP contribution in [-0.2, 0) is 26.2 Å². The van der Waals surface area contributed by atoms with Gasteiger partial charge < -0.3 is 15.0 Å². The van der Waals surface area contributed by atoms with Gasteiger partial charge in [0.2, 0.25) is 21.8 Å². The Bertz CT molecular complexity index is 1200. The summed E-state index contributed by atoms with van der Waals surface area (Å²) >= 11 is 6.16. The van der Waals surface area contributed by atoms with Crippen molar-refractivity contribution >= 4 is 39.1 Å². The predicted octanol–water partition coefficient (Wildman–Crippen LogP) is 4.29. The van der Waals surface area contributed by atoms with Crippen molar-refractivity contribution in [2.24, 2.45) is 0 Å². The summed E-state index contributed by atoms with van der Waals surface area (Å²) in [6.45, 7) is 3.30. The molecular formula is C27H36ClN3O5S. The topological polar surface area (TPSA) is 96.0 Å². The van der Waals surface area contributed by atoms with Crippen molar-refractivity contribution < 1.29 is 22.7 Å². The van der Waals surface area contributed by atoms with E-state index in [2.05, 4.69) is 5.32 Å². The highest BCUT2D eigenvalue weighted by molar-refractivity contribution is 7.92. The van der Waals surface area contributed by atoms with Crippen LogP contribution in [0.4, 0.5) is 5.69 Å². The van der Waals surface area contributed by atoms with E-state index < -0.39 is 28.5 Å². The summed E-state index contributed by atoms with van der Waals surface area (Å²) in [6, 6.07) is 11.5. The number of halogens is 1. The highest BCUT2D eigenvalue weighted by Gasteiger charge is 2.33. The molecule has 2 aromatic carbocycles. The second-order valence-corrected chi connectivity index (χ2v) is 11.8. The number of carbonyl (C=O) groups is 2. The normalized spacial score (nSPS) is 14.7. The molecule has 1 aliphatic carbocycles. The fourth-order valence-electron chi connectivity index (χ4n) is 4.66. The molecule has 10 heteroatoms. The number of ether oxygens (including phenoxy) is 1. The summed E-state index contributed by atoms with van der Waals surface area (Å²) in [5, 5.41) is 3.46. The molecule has 0 radical (unpaired) electrons. The monoisotopic (exact) mass is 549 g/mol. The number of nitrogens with zero attached hydrogens (tertiary/aromatic N) is 2. The Labute approximate surface area is 225 Å². The van der Waals surface area contributed by atoms with Crippen LogP contribution in [0.25, 0.3) is 0 Å². The van der Waals surface area contributed by atoms with Crippen LogP contribution in [0.1, 0.15) is 50.2 Å². The Kier molecular flexibility index (Phi) is 9.84. The first-order chi connectivity index (χ1) is 17.5. The van der Waals surface area contributed by atoms with Crippen molar-refractivity contribution in [1.82, 2.24) is 10.2 Å². The van der Waals surface area contributed by atoms with Crippen molar-refractivity contribution in [2.75, 3.05) is 24.2 Å². The molecule has 0 heterocycles. The molecular weight excluding hydrogens is 514 g/mol. The van der Waals surface area contributed by atoms with Crippen molar-refractivity contribution in [3.8, 4) is 5.75 Å². The summed E-state index contributed by atoms with van der Waals surface area (Å²) in [5.74, 6) is -0.0255.